The molecule has 0 aromatic carbocycles. The van der Waals surface area contributed by atoms with Crippen molar-refractivity contribution in [2.45, 2.75) is 96.7 Å². The van der Waals surface area contributed by atoms with Crippen LogP contribution in [0.25, 0.3) is 0 Å². The molecule has 170 valence electrons. The zero-order valence-electron chi connectivity index (χ0n) is 19.4. The zero-order chi connectivity index (χ0) is 22.2. The van der Waals surface area contributed by atoms with Crippen molar-refractivity contribution in [3.8, 4) is 0 Å². The summed E-state index contributed by atoms with van der Waals surface area (Å²) in [6.07, 6.45) is 16.4. The average Bonchev–Trinajstić information content (AvgIpc) is 3.07. The minimum atomic E-state index is -0.622. The Morgan fingerprint density at radius 1 is 1.19 bits per heavy atom. The molecule has 3 fully saturated rings. The maximum absolute atomic E-state index is 11.8. The van der Waals surface area contributed by atoms with Gasteiger partial charge in [-0.25, -0.2) is 0 Å². The minimum Gasteiger partial charge on any atom is -0.393 e. The first-order chi connectivity index (χ1) is 14.8. The fourth-order valence-electron chi connectivity index (χ4n) is 7.26. The molecule has 0 amide bonds. The summed E-state index contributed by atoms with van der Waals surface area (Å²) in [5.74, 6) is 2.27. The Morgan fingerprint density at radius 2 is 2.00 bits per heavy atom. The second-order valence-corrected chi connectivity index (χ2v) is 11.0. The van der Waals surface area contributed by atoms with Gasteiger partial charge in [0, 0.05) is 12.8 Å². The molecule has 3 heteroatoms. The Hall–Kier alpha value is -1.45. The summed E-state index contributed by atoms with van der Waals surface area (Å²) >= 11 is 0. The van der Waals surface area contributed by atoms with E-state index in [0.717, 1.165) is 43.3 Å². The number of rotatable bonds is 4. The molecule has 3 saturated carbocycles. The van der Waals surface area contributed by atoms with Crippen LogP contribution in [0.3, 0.4) is 0 Å². The molecule has 0 aliphatic heterocycles. The molecule has 0 radical (unpaired) electrons. The normalized spacial score (nSPS) is 40.2. The van der Waals surface area contributed by atoms with E-state index in [0.29, 0.717) is 41.8 Å². The highest BCUT2D eigenvalue weighted by atomic mass is 16.3. The van der Waals surface area contributed by atoms with Crippen molar-refractivity contribution < 1.29 is 15.0 Å². The predicted octanol–water partition coefficient (Wildman–Crippen LogP) is 5.83. The maximum atomic E-state index is 11.8. The first-order valence-corrected chi connectivity index (χ1v) is 12.4. The van der Waals surface area contributed by atoms with E-state index >= 15 is 0 Å². The molecule has 0 heterocycles. The van der Waals surface area contributed by atoms with E-state index in [9.17, 15) is 15.0 Å². The third-order valence-electron chi connectivity index (χ3n) is 8.86. The van der Waals surface area contributed by atoms with Crippen LogP contribution in [0.2, 0.25) is 0 Å². The van der Waals surface area contributed by atoms with E-state index < -0.39 is 12.2 Å². The maximum Gasteiger partial charge on any atom is 0.155 e. The van der Waals surface area contributed by atoms with Gasteiger partial charge in [0.2, 0.25) is 0 Å². The van der Waals surface area contributed by atoms with Crippen LogP contribution in [-0.4, -0.2) is 28.2 Å². The molecule has 0 saturated heterocycles. The minimum absolute atomic E-state index is 0.319. The van der Waals surface area contributed by atoms with Crippen LogP contribution in [0.5, 0.6) is 0 Å². The fraction of sp³-hybridized carbons (Fsp3) is 0.679. The summed E-state index contributed by atoms with van der Waals surface area (Å²) in [7, 11) is 0. The van der Waals surface area contributed by atoms with Crippen LogP contribution in [-0.2, 0) is 4.79 Å². The lowest BCUT2D eigenvalue weighted by Crippen LogP contribution is -2.36. The van der Waals surface area contributed by atoms with Crippen LogP contribution < -0.4 is 0 Å². The van der Waals surface area contributed by atoms with Crippen LogP contribution in [0.4, 0.5) is 0 Å². The Bertz CT molecular complexity index is 816. The number of allylic oxidation sites excluding steroid dienone is 5. The fourth-order valence-corrected chi connectivity index (χ4v) is 7.26. The van der Waals surface area contributed by atoms with E-state index in [4.69, 9.17) is 0 Å². The number of hydrogen-bond acceptors (Lipinski definition) is 3. The number of carbonyl (C=O) groups excluding carboxylic acids is 1. The summed E-state index contributed by atoms with van der Waals surface area (Å²) in [6.45, 7) is 8.99. The molecule has 2 N–H and O–H groups in total. The average molecular weight is 425 g/mol. The smallest absolute Gasteiger partial charge is 0.155 e. The number of aliphatic hydroxyl groups is 2. The predicted molar refractivity (Wildman–Crippen MR) is 125 cm³/mol. The monoisotopic (exact) mass is 424 g/mol. The van der Waals surface area contributed by atoms with Gasteiger partial charge in [-0.15, -0.1) is 0 Å². The highest BCUT2D eigenvalue weighted by Crippen LogP contribution is 2.60. The van der Waals surface area contributed by atoms with Gasteiger partial charge in [0.15, 0.2) is 5.78 Å². The van der Waals surface area contributed by atoms with Crippen molar-refractivity contribution in [2.24, 2.45) is 23.2 Å². The molecule has 1 unspecified atom stereocenters. The molecule has 31 heavy (non-hydrogen) atoms. The van der Waals surface area contributed by atoms with Crippen molar-refractivity contribution >= 4 is 5.78 Å². The van der Waals surface area contributed by atoms with Gasteiger partial charge in [-0.05, 0) is 98.2 Å². The van der Waals surface area contributed by atoms with Crippen molar-refractivity contribution in [3.63, 3.8) is 0 Å². The molecule has 0 aromatic rings. The van der Waals surface area contributed by atoms with E-state index in [-0.39, 0.29) is 0 Å². The summed E-state index contributed by atoms with van der Waals surface area (Å²) in [5.41, 5.74) is 5.03. The van der Waals surface area contributed by atoms with Gasteiger partial charge in [0.1, 0.15) is 0 Å². The third kappa shape index (κ3) is 4.68. The van der Waals surface area contributed by atoms with E-state index in [1.54, 1.807) is 5.57 Å². The first-order valence-electron chi connectivity index (χ1n) is 12.4. The number of carbonyl (C=O) groups is 1. The molecule has 4 rings (SSSR count). The molecular weight excluding hydrogens is 384 g/mol. The second kappa shape index (κ2) is 9.19. The highest BCUT2D eigenvalue weighted by Gasteiger charge is 2.50. The summed E-state index contributed by atoms with van der Waals surface area (Å²) in [6, 6.07) is 0. The van der Waals surface area contributed by atoms with E-state index in [2.05, 4.69) is 32.6 Å². The van der Waals surface area contributed by atoms with Gasteiger partial charge in [0.05, 0.1) is 12.2 Å². The lowest BCUT2D eigenvalue weighted by atomic mass is 9.60. The second-order valence-electron chi connectivity index (χ2n) is 11.0. The van der Waals surface area contributed by atoms with Crippen molar-refractivity contribution in [3.05, 3.63) is 47.1 Å². The first kappa shape index (κ1) is 22.7. The third-order valence-corrected chi connectivity index (χ3v) is 8.86. The lowest BCUT2D eigenvalue weighted by molar-refractivity contribution is -0.115. The number of hydrogen-bond donors (Lipinski definition) is 2. The van der Waals surface area contributed by atoms with Crippen LogP contribution in [0.15, 0.2) is 47.1 Å². The molecule has 4 aliphatic rings. The quantitative estimate of drug-likeness (QED) is 0.597. The molecule has 6 atom stereocenters. The van der Waals surface area contributed by atoms with Gasteiger partial charge in [-0.2, -0.15) is 0 Å². The number of aliphatic hydroxyl groups excluding tert-OH is 2. The summed E-state index contributed by atoms with van der Waals surface area (Å²) < 4.78 is 0. The van der Waals surface area contributed by atoms with Crippen LogP contribution in [0, 0.1) is 23.2 Å². The van der Waals surface area contributed by atoms with Gasteiger partial charge in [0.25, 0.3) is 0 Å². The SMILES string of the molecule is C=C1/C(=C\C=C2/CCC[C@@]3(C)C2CC[C@@H]3[C@H](C)CC2=CC(=O)CCC2)C[C@@H](O)C[C@@H]1O. The largest absolute Gasteiger partial charge is 0.393 e. The molecule has 3 nitrogen and oxygen atoms in total. The zero-order valence-corrected chi connectivity index (χ0v) is 19.4. The summed E-state index contributed by atoms with van der Waals surface area (Å²) in [4.78, 5) is 11.8. The Balaban J connectivity index is 1.50. The van der Waals surface area contributed by atoms with Crippen LogP contribution >= 0.6 is 0 Å². The molecular formula is C28H40O3. The summed E-state index contributed by atoms with van der Waals surface area (Å²) in [5, 5.41) is 20.2. The number of fused-ring (bicyclic) bond motifs is 1. The van der Waals surface area contributed by atoms with E-state index in [1.807, 2.05) is 6.08 Å². The van der Waals surface area contributed by atoms with E-state index in [1.165, 1.54) is 31.3 Å². The standard InChI is InChI=1S/C28H40O3/c1-18(14-20-6-4-8-23(29)15-20)25-11-12-26-21(7-5-13-28(25,26)3)9-10-22-16-24(30)17-27(31)19(22)2/h9-10,15,18,24-27,30-31H,2,4-8,11-14,16-17H2,1,3H3/b21-9+,22-10-/t18-,24-,25-,26?,27+,28-/m1/s1. The molecule has 0 aromatic heterocycles. The topological polar surface area (TPSA) is 57.5 Å². The van der Waals surface area contributed by atoms with Gasteiger partial charge >= 0.3 is 0 Å². The number of ketones is 1. The van der Waals surface area contributed by atoms with Crippen molar-refractivity contribution in [2.75, 3.05) is 0 Å². The van der Waals surface area contributed by atoms with Crippen molar-refractivity contribution in [1.29, 1.82) is 0 Å². The van der Waals surface area contributed by atoms with Gasteiger partial charge in [-0.3, -0.25) is 4.79 Å². The van der Waals surface area contributed by atoms with Gasteiger partial charge in [-0.1, -0.05) is 43.7 Å². The molecule has 0 bridgehead atoms. The Labute approximate surface area is 188 Å². The Morgan fingerprint density at radius 3 is 2.77 bits per heavy atom. The Kier molecular flexibility index (Phi) is 6.74. The molecule has 4 aliphatic carbocycles. The van der Waals surface area contributed by atoms with Crippen molar-refractivity contribution in [1.82, 2.24) is 0 Å². The lowest BCUT2D eigenvalue weighted by Gasteiger charge is -2.44. The van der Waals surface area contributed by atoms with Gasteiger partial charge < -0.3 is 10.2 Å². The van der Waals surface area contributed by atoms with Crippen LogP contribution in [0.1, 0.15) is 84.5 Å². The highest BCUT2D eigenvalue weighted by molar-refractivity contribution is 5.91. The molecule has 0 spiro atoms.